The lowest BCUT2D eigenvalue weighted by Crippen LogP contribution is -1.92. The number of allylic oxidation sites excluding steroid dienone is 1. The molecule has 0 saturated heterocycles. The summed E-state index contributed by atoms with van der Waals surface area (Å²) in [5, 5.41) is 9.68. The third-order valence-electron chi connectivity index (χ3n) is 2.42. The number of Topliss-reactive ketones (excluding diaryl/α,β-unsaturated/α-hetero) is 1. The zero-order valence-electron chi connectivity index (χ0n) is 8.03. The first-order chi connectivity index (χ1) is 6.68. The molecule has 0 heterocycles. The van der Waals surface area contributed by atoms with Gasteiger partial charge in [-0.1, -0.05) is 24.3 Å². The monoisotopic (exact) mass is 188 g/mol. The van der Waals surface area contributed by atoms with Gasteiger partial charge < -0.3 is 5.11 Å². The van der Waals surface area contributed by atoms with E-state index in [9.17, 15) is 9.90 Å². The van der Waals surface area contributed by atoms with Crippen molar-refractivity contribution in [2.45, 2.75) is 19.4 Å². The molecule has 0 saturated carbocycles. The van der Waals surface area contributed by atoms with Gasteiger partial charge in [-0.3, -0.25) is 4.79 Å². The average Bonchev–Trinajstić information content (AvgIpc) is 2.44. The summed E-state index contributed by atoms with van der Waals surface area (Å²) in [6.45, 7) is 1.56. The molecular formula is C12H12O2. The van der Waals surface area contributed by atoms with Crippen LogP contribution in [0.15, 0.2) is 30.3 Å². The van der Waals surface area contributed by atoms with Crippen LogP contribution in [0.2, 0.25) is 0 Å². The smallest absolute Gasteiger partial charge is 0.134 e. The van der Waals surface area contributed by atoms with Crippen molar-refractivity contribution in [3.63, 3.8) is 0 Å². The zero-order chi connectivity index (χ0) is 10.1. The minimum Gasteiger partial charge on any atom is -0.384 e. The van der Waals surface area contributed by atoms with E-state index in [-0.39, 0.29) is 5.78 Å². The van der Waals surface area contributed by atoms with Crippen LogP contribution in [-0.4, -0.2) is 10.9 Å². The van der Waals surface area contributed by atoms with Crippen LogP contribution in [0.3, 0.4) is 0 Å². The Morgan fingerprint density at radius 3 is 2.86 bits per heavy atom. The van der Waals surface area contributed by atoms with Crippen molar-refractivity contribution in [2.75, 3.05) is 0 Å². The number of carbonyl (C=O) groups is 1. The van der Waals surface area contributed by atoms with Crippen LogP contribution in [0.4, 0.5) is 0 Å². The summed E-state index contributed by atoms with van der Waals surface area (Å²) >= 11 is 0. The van der Waals surface area contributed by atoms with E-state index in [1.165, 1.54) is 0 Å². The molecule has 0 aromatic heterocycles. The summed E-state index contributed by atoms with van der Waals surface area (Å²) in [5.41, 5.74) is 2.86. The van der Waals surface area contributed by atoms with Crippen molar-refractivity contribution in [1.82, 2.24) is 0 Å². The van der Waals surface area contributed by atoms with Crippen molar-refractivity contribution in [3.05, 3.63) is 41.5 Å². The van der Waals surface area contributed by atoms with Crippen LogP contribution in [0.5, 0.6) is 0 Å². The summed E-state index contributed by atoms with van der Waals surface area (Å²) < 4.78 is 0. The number of fused-ring (bicyclic) bond motifs is 1. The Bertz CT molecular complexity index is 405. The van der Waals surface area contributed by atoms with Crippen LogP contribution in [0, 0.1) is 0 Å². The lowest BCUT2D eigenvalue weighted by molar-refractivity contribution is -0.116. The normalized spacial score (nSPS) is 19.0. The molecule has 1 aliphatic carbocycles. The van der Waals surface area contributed by atoms with E-state index in [4.69, 9.17) is 0 Å². The third kappa shape index (κ3) is 1.49. The van der Waals surface area contributed by atoms with E-state index >= 15 is 0 Å². The number of ketones is 1. The second-order valence-electron chi connectivity index (χ2n) is 3.60. The molecule has 2 rings (SSSR count). The van der Waals surface area contributed by atoms with E-state index in [1.54, 1.807) is 13.0 Å². The largest absolute Gasteiger partial charge is 0.384 e. The van der Waals surface area contributed by atoms with Gasteiger partial charge in [-0.2, -0.15) is 0 Å². The zero-order valence-corrected chi connectivity index (χ0v) is 8.03. The molecule has 2 heteroatoms. The maximum atomic E-state index is 11.0. The standard InChI is InChI=1S/C12H12O2/c1-8(13)6-9-7-12(14)11-5-3-2-4-10(9)11/h2-5,7,12,14H,6H2,1H3. The topological polar surface area (TPSA) is 37.3 Å². The van der Waals surface area contributed by atoms with Gasteiger partial charge in [0.1, 0.15) is 5.78 Å². The molecule has 0 radical (unpaired) electrons. The van der Waals surface area contributed by atoms with Crippen molar-refractivity contribution in [3.8, 4) is 0 Å². The Hall–Kier alpha value is -1.41. The molecular weight excluding hydrogens is 176 g/mol. The van der Waals surface area contributed by atoms with Gasteiger partial charge in [0.05, 0.1) is 6.10 Å². The van der Waals surface area contributed by atoms with E-state index in [2.05, 4.69) is 0 Å². The van der Waals surface area contributed by atoms with Gasteiger partial charge in [-0.15, -0.1) is 0 Å². The number of aliphatic hydroxyl groups excluding tert-OH is 1. The predicted molar refractivity (Wildman–Crippen MR) is 54.7 cm³/mol. The maximum absolute atomic E-state index is 11.0. The van der Waals surface area contributed by atoms with E-state index in [0.717, 1.165) is 16.7 Å². The molecule has 0 bridgehead atoms. The molecule has 14 heavy (non-hydrogen) atoms. The van der Waals surface area contributed by atoms with Gasteiger partial charge >= 0.3 is 0 Å². The molecule has 1 atom stereocenters. The fraction of sp³-hybridized carbons (Fsp3) is 0.250. The molecule has 1 aromatic carbocycles. The quantitative estimate of drug-likeness (QED) is 0.771. The number of rotatable bonds is 2. The molecule has 0 spiro atoms. The van der Waals surface area contributed by atoms with E-state index in [1.807, 2.05) is 24.3 Å². The number of hydrogen-bond acceptors (Lipinski definition) is 2. The predicted octanol–water partition coefficient (Wildman–Crippen LogP) is 2.10. The second-order valence-corrected chi connectivity index (χ2v) is 3.60. The molecule has 1 N–H and O–H groups in total. The molecule has 0 fully saturated rings. The molecule has 72 valence electrons. The highest BCUT2D eigenvalue weighted by Gasteiger charge is 2.21. The first-order valence-corrected chi connectivity index (χ1v) is 4.66. The summed E-state index contributed by atoms with van der Waals surface area (Å²) in [4.78, 5) is 11.0. The third-order valence-corrected chi connectivity index (χ3v) is 2.42. The Balaban J connectivity index is 2.38. The van der Waals surface area contributed by atoms with Gasteiger partial charge in [0.2, 0.25) is 0 Å². The minimum atomic E-state index is -0.541. The highest BCUT2D eigenvalue weighted by Crippen LogP contribution is 2.35. The summed E-state index contributed by atoms with van der Waals surface area (Å²) in [5.74, 6) is 0.125. The number of benzene rings is 1. The first kappa shape index (κ1) is 9.16. The van der Waals surface area contributed by atoms with Crippen molar-refractivity contribution in [2.24, 2.45) is 0 Å². The Labute approximate surface area is 82.9 Å². The fourth-order valence-corrected chi connectivity index (χ4v) is 1.84. The second kappa shape index (κ2) is 3.39. The number of carbonyl (C=O) groups excluding carboxylic acids is 1. The lowest BCUT2D eigenvalue weighted by atomic mass is 10.0. The summed E-state index contributed by atoms with van der Waals surface area (Å²) in [6, 6.07) is 7.65. The van der Waals surface area contributed by atoms with Crippen LogP contribution in [0.25, 0.3) is 5.57 Å². The molecule has 0 amide bonds. The highest BCUT2D eigenvalue weighted by atomic mass is 16.3. The highest BCUT2D eigenvalue weighted by molar-refractivity contribution is 5.90. The van der Waals surface area contributed by atoms with Gasteiger partial charge in [0, 0.05) is 6.42 Å². The van der Waals surface area contributed by atoms with Crippen LogP contribution < -0.4 is 0 Å². The molecule has 1 unspecified atom stereocenters. The lowest BCUT2D eigenvalue weighted by Gasteiger charge is -2.03. The summed E-state index contributed by atoms with van der Waals surface area (Å²) in [7, 11) is 0. The average molecular weight is 188 g/mol. The first-order valence-electron chi connectivity index (χ1n) is 4.66. The molecule has 1 aromatic rings. The minimum absolute atomic E-state index is 0.125. The van der Waals surface area contributed by atoms with Crippen molar-refractivity contribution >= 4 is 11.4 Å². The Morgan fingerprint density at radius 2 is 2.14 bits per heavy atom. The number of hydrogen-bond donors (Lipinski definition) is 1. The summed E-state index contributed by atoms with van der Waals surface area (Å²) in [6.07, 6.45) is 1.63. The Morgan fingerprint density at radius 1 is 1.43 bits per heavy atom. The fourth-order valence-electron chi connectivity index (χ4n) is 1.84. The van der Waals surface area contributed by atoms with Gasteiger partial charge in [0.15, 0.2) is 0 Å². The molecule has 1 aliphatic rings. The van der Waals surface area contributed by atoms with Gasteiger partial charge in [0.25, 0.3) is 0 Å². The van der Waals surface area contributed by atoms with Crippen LogP contribution >= 0.6 is 0 Å². The Kier molecular flexibility index (Phi) is 2.22. The van der Waals surface area contributed by atoms with Crippen LogP contribution in [-0.2, 0) is 4.79 Å². The van der Waals surface area contributed by atoms with Gasteiger partial charge in [-0.25, -0.2) is 0 Å². The SMILES string of the molecule is CC(=O)CC1=CC(O)c2ccccc21. The van der Waals surface area contributed by atoms with Crippen molar-refractivity contribution in [1.29, 1.82) is 0 Å². The molecule has 2 nitrogen and oxygen atoms in total. The van der Waals surface area contributed by atoms with Crippen LogP contribution in [0.1, 0.15) is 30.6 Å². The van der Waals surface area contributed by atoms with Crippen molar-refractivity contribution < 1.29 is 9.90 Å². The van der Waals surface area contributed by atoms with E-state index < -0.39 is 6.10 Å². The maximum Gasteiger partial charge on any atom is 0.134 e. The van der Waals surface area contributed by atoms with E-state index in [0.29, 0.717) is 6.42 Å². The number of aliphatic hydroxyl groups is 1. The molecule has 0 aliphatic heterocycles. The van der Waals surface area contributed by atoms with Gasteiger partial charge in [-0.05, 0) is 29.7 Å².